The standard InChI is InChI=1S/C15H12BrClN2O2/c1-20-13-6-11-12(7-14(13)21-2)19-15(18-11)9-5-8(17)3-4-10(9)16/h3-7H,1-2H3,(H,18,19). The number of hydrogen-bond donors (Lipinski definition) is 1. The van der Waals surface area contributed by atoms with E-state index in [1.807, 2.05) is 30.3 Å². The SMILES string of the molecule is COc1cc2nc(-c3cc(Cl)ccc3Br)[nH]c2cc1OC. The normalized spacial score (nSPS) is 10.9. The predicted octanol–water partition coefficient (Wildman–Crippen LogP) is 4.66. The number of aromatic nitrogens is 2. The van der Waals surface area contributed by atoms with Crippen LogP contribution in [0.4, 0.5) is 0 Å². The van der Waals surface area contributed by atoms with Crippen molar-refractivity contribution in [1.29, 1.82) is 0 Å². The monoisotopic (exact) mass is 366 g/mol. The van der Waals surface area contributed by atoms with Gasteiger partial charge in [-0.1, -0.05) is 27.5 Å². The molecule has 0 aliphatic rings. The van der Waals surface area contributed by atoms with E-state index in [0.717, 1.165) is 26.9 Å². The second kappa shape index (κ2) is 5.58. The zero-order valence-electron chi connectivity index (χ0n) is 11.4. The lowest BCUT2D eigenvalue weighted by molar-refractivity contribution is 0.356. The van der Waals surface area contributed by atoms with Gasteiger partial charge in [-0.05, 0) is 18.2 Å². The summed E-state index contributed by atoms with van der Waals surface area (Å²) in [7, 11) is 3.21. The molecule has 0 radical (unpaired) electrons. The highest BCUT2D eigenvalue weighted by molar-refractivity contribution is 9.10. The molecule has 0 unspecified atom stereocenters. The van der Waals surface area contributed by atoms with Crippen LogP contribution in [0.2, 0.25) is 5.02 Å². The minimum Gasteiger partial charge on any atom is -0.493 e. The van der Waals surface area contributed by atoms with Crippen LogP contribution in [0.15, 0.2) is 34.8 Å². The van der Waals surface area contributed by atoms with E-state index in [0.29, 0.717) is 16.5 Å². The van der Waals surface area contributed by atoms with Crippen LogP contribution < -0.4 is 9.47 Å². The third-order valence-corrected chi connectivity index (χ3v) is 4.10. The van der Waals surface area contributed by atoms with Gasteiger partial charge in [-0.25, -0.2) is 4.98 Å². The second-order valence-electron chi connectivity index (χ2n) is 4.43. The summed E-state index contributed by atoms with van der Waals surface area (Å²) >= 11 is 9.57. The van der Waals surface area contributed by atoms with E-state index in [1.54, 1.807) is 14.2 Å². The number of H-pyrrole nitrogens is 1. The molecule has 0 atom stereocenters. The smallest absolute Gasteiger partial charge is 0.163 e. The summed E-state index contributed by atoms with van der Waals surface area (Å²) in [6, 6.07) is 9.28. The Morgan fingerprint density at radius 2 is 1.81 bits per heavy atom. The van der Waals surface area contributed by atoms with Gasteiger partial charge in [0.05, 0.1) is 25.3 Å². The number of imidazole rings is 1. The lowest BCUT2D eigenvalue weighted by Gasteiger charge is -2.06. The molecule has 3 rings (SSSR count). The van der Waals surface area contributed by atoms with Gasteiger partial charge in [-0.15, -0.1) is 0 Å². The van der Waals surface area contributed by atoms with Crippen molar-refractivity contribution in [2.45, 2.75) is 0 Å². The van der Waals surface area contributed by atoms with Gasteiger partial charge in [0, 0.05) is 27.2 Å². The summed E-state index contributed by atoms with van der Waals surface area (Å²) in [5.74, 6) is 2.04. The Balaban J connectivity index is 2.19. The van der Waals surface area contributed by atoms with Crippen LogP contribution in [0.1, 0.15) is 0 Å². The van der Waals surface area contributed by atoms with Gasteiger partial charge in [-0.3, -0.25) is 0 Å². The summed E-state index contributed by atoms with van der Waals surface area (Å²) < 4.78 is 11.5. The fourth-order valence-corrected chi connectivity index (χ4v) is 2.75. The van der Waals surface area contributed by atoms with E-state index in [9.17, 15) is 0 Å². The maximum absolute atomic E-state index is 6.06. The van der Waals surface area contributed by atoms with Gasteiger partial charge in [0.15, 0.2) is 11.5 Å². The summed E-state index contributed by atoms with van der Waals surface area (Å²) in [5, 5.41) is 0.656. The molecule has 0 aliphatic carbocycles. The first-order valence-electron chi connectivity index (χ1n) is 6.19. The van der Waals surface area contributed by atoms with Gasteiger partial charge in [0.25, 0.3) is 0 Å². The molecule has 0 spiro atoms. The maximum atomic E-state index is 6.06. The molecule has 0 bridgehead atoms. The fourth-order valence-electron chi connectivity index (χ4n) is 2.14. The number of hydrogen-bond acceptors (Lipinski definition) is 3. The second-order valence-corrected chi connectivity index (χ2v) is 5.72. The molecule has 0 aliphatic heterocycles. The maximum Gasteiger partial charge on any atom is 0.163 e. The third-order valence-electron chi connectivity index (χ3n) is 3.17. The Morgan fingerprint density at radius 1 is 1.10 bits per heavy atom. The van der Waals surface area contributed by atoms with Gasteiger partial charge in [-0.2, -0.15) is 0 Å². The largest absolute Gasteiger partial charge is 0.493 e. The minimum absolute atomic E-state index is 0.646. The number of benzene rings is 2. The first kappa shape index (κ1) is 14.2. The molecule has 108 valence electrons. The number of nitrogens with zero attached hydrogens (tertiary/aromatic N) is 1. The van der Waals surface area contributed by atoms with Crippen molar-refractivity contribution in [2.75, 3.05) is 14.2 Å². The topological polar surface area (TPSA) is 47.1 Å². The number of aromatic amines is 1. The van der Waals surface area contributed by atoms with Crippen molar-refractivity contribution in [3.63, 3.8) is 0 Å². The Morgan fingerprint density at radius 3 is 2.52 bits per heavy atom. The molecule has 1 N–H and O–H groups in total. The Labute approximate surface area is 135 Å². The lowest BCUT2D eigenvalue weighted by Crippen LogP contribution is -1.89. The number of halogens is 2. The van der Waals surface area contributed by atoms with Crippen LogP contribution in [-0.2, 0) is 0 Å². The van der Waals surface area contributed by atoms with Crippen molar-refractivity contribution in [2.24, 2.45) is 0 Å². The zero-order valence-corrected chi connectivity index (χ0v) is 13.7. The van der Waals surface area contributed by atoms with E-state index in [-0.39, 0.29) is 0 Å². The van der Waals surface area contributed by atoms with E-state index in [1.165, 1.54) is 0 Å². The van der Waals surface area contributed by atoms with Gasteiger partial charge in [0.1, 0.15) is 5.82 Å². The van der Waals surface area contributed by atoms with E-state index >= 15 is 0 Å². The summed E-state index contributed by atoms with van der Waals surface area (Å²) in [4.78, 5) is 7.86. The Hall–Kier alpha value is -1.72. The minimum atomic E-state index is 0.646. The lowest BCUT2D eigenvalue weighted by atomic mass is 10.2. The Bertz CT molecular complexity index is 776. The highest BCUT2D eigenvalue weighted by atomic mass is 79.9. The van der Waals surface area contributed by atoms with E-state index < -0.39 is 0 Å². The highest BCUT2D eigenvalue weighted by Gasteiger charge is 2.13. The van der Waals surface area contributed by atoms with Crippen molar-refractivity contribution in [1.82, 2.24) is 9.97 Å². The number of methoxy groups -OCH3 is 2. The van der Waals surface area contributed by atoms with Crippen LogP contribution in [0.25, 0.3) is 22.4 Å². The molecule has 2 aromatic carbocycles. The van der Waals surface area contributed by atoms with Crippen LogP contribution in [0.3, 0.4) is 0 Å². The van der Waals surface area contributed by atoms with Crippen molar-refractivity contribution in [3.8, 4) is 22.9 Å². The summed E-state index contributed by atoms with van der Waals surface area (Å²) in [6.45, 7) is 0. The van der Waals surface area contributed by atoms with Crippen molar-refractivity contribution >= 4 is 38.6 Å². The first-order chi connectivity index (χ1) is 10.1. The van der Waals surface area contributed by atoms with E-state index in [4.69, 9.17) is 21.1 Å². The first-order valence-corrected chi connectivity index (χ1v) is 7.36. The summed E-state index contributed by atoms with van der Waals surface area (Å²) in [6.07, 6.45) is 0. The van der Waals surface area contributed by atoms with Crippen molar-refractivity contribution in [3.05, 3.63) is 39.8 Å². The fraction of sp³-hybridized carbons (Fsp3) is 0.133. The molecule has 0 saturated heterocycles. The average Bonchev–Trinajstić information content (AvgIpc) is 2.90. The molecule has 0 saturated carbocycles. The third kappa shape index (κ3) is 2.59. The number of fused-ring (bicyclic) bond motifs is 1. The van der Waals surface area contributed by atoms with Crippen LogP contribution in [-0.4, -0.2) is 24.2 Å². The Kier molecular flexibility index (Phi) is 3.78. The average molecular weight is 368 g/mol. The van der Waals surface area contributed by atoms with Crippen molar-refractivity contribution < 1.29 is 9.47 Å². The molecule has 21 heavy (non-hydrogen) atoms. The number of nitrogens with one attached hydrogen (secondary N) is 1. The predicted molar refractivity (Wildman–Crippen MR) is 87.3 cm³/mol. The van der Waals surface area contributed by atoms with Crippen LogP contribution in [0.5, 0.6) is 11.5 Å². The van der Waals surface area contributed by atoms with Gasteiger partial charge >= 0.3 is 0 Å². The van der Waals surface area contributed by atoms with Gasteiger partial charge in [0.2, 0.25) is 0 Å². The highest BCUT2D eigenvalue weighted by Crippen LogP contribution is 2.34. The molecular formula is C15H12BrClN2O2. The molecule has 0 amide bonds. The molecule has 1 heterocycles. The number of rotatable bonds is 3. The summed E-state index contributed by atoms with van der Waals surface area (Å²) in [5.41, 5.74) is 2.57. The van der Waals surface area contributed by atoms with Crippen LogP contribution >= 0.6 is 27.5 Å². The molecular weight excluding hydrogens is 356 g/mol. The quantitative estimate of drug-likeness (QED) is 0.732. The molecule has 3 aromatic rings. The molecule has 1 aromatic heterocycles. The van der Waals surface area contributed by atoms with Crippen LogP contribution in [0, 0.1) is 0 Å². The molecule has 0 fully saturated rings. The number of ether oxygens (including phenoxy) is 2. The molecule has 6 heteroatoms. The zero-order chi connectivity index (χ0) is 15.0. The molecule has 4 nitrogen and oxygen atoms in total. The van der Waals surface area contributed by atoms with E-state index in [2.05, 4.69) is 25.9 Å². The van der Waals surface area contributed by atoms with Gasteiger partial charge < -0.3 is 14.5 Å².